The average Bonchev–Trinajstić information content (AvgIpc) is 2.71. The summed E-state index contributed by atoms with van der Waals surface area (Å²) in [4.78, 5) is 16.1. The molecule has 1 amide bonds. The molecule has 2 aromatic carbocycles. The summed E-state index contributed by atoms with van der Waals surface area (Å²) in [6, 6.07) is 21.8. The van der Waals surface area contributed by atoms with Crippen molar-refractivity contribution >= 4 is 6.09 Å². The number of carbonyl (C=O) groups is 1. The maximum absolute atomic E-state index is 11.7. The third-order valence-electron chi connectivity index (χ3n) is 4.09. The lowest BCUT2D eigenvalue weighted by Gasteiger charge is -2.19. The zero-order valence-electron chi connectivity index (χ0n) is 17.0. The summed E-state index contributed by atoms with van der Waals surface area (Å²) in [6.07, 6.45) is 1.38. The summed E-state index contributed by atoms with van der Waals surface area (Å²) in [5.74, 6) is 0.593. The Hall–Kier alpha value is -3.34. The number of ether oxygens (including phenoxy) is 2. The quantitative estimate of drug-likeness (QED) is 0.616. The van der Waals surface area contributed by atoms with Gasteiger partial charge in [-0.05, 0) is 43.5 Å². The second-order valence-corrected chi connectivity index (χ2v) is 7.71. The van der Waals surface area contributed by atoms with Gasteiger partial charge in [0.25, 0.3) is 0 Å². The fourth-order valence-corrected chi connectivity index (χ4v) is 2.67. The smallest absolute Gasteiger partial charge is 0.407 e. The molecule has 5 heteroatoms. The molecule has 0 aliphatic heterocycles. The molecule has 0 radical (unpaired) electrons. The maximum Gasteiger partial charge on any atom is 0.407 e. The van der Waals surface area contributed by atoms with E-state index in [-0.39, 0.29) is 0 Å². The molecule has 0 saturated carbocycles. The van der Waals surface area contributed by atoms with Crippen LogP contribution in [-0.4, -0.2) is 16.7 Å². The van der Waals surface area contributed by atoms with E-state index < -0.39 is 11.7 Å². The van der Waals surface area contributed by atoms with Crippen LogP contribution in [0.3, 0.4) is 0 Å². The molecule has 0 atom stereocenters. The van der Waals surface area contributed by atoms with Crippen LogP contribution in [0.25, 0.3) is 11.1 Å². The molecular weight excluding hydrogens is 364 g/mol. The maximum atomic E-state index is 11.7. The Labute approximate surface area is 171 Å². The summed E-state index contributed by atoms with van der Waals surface area (Å²) in [5, 5.41) is 2.76. The molecule has 150 valence electrons. The van der Waals surface area contributed by atoms with E-state index in [4.69, 9.17) is 9.47 Å². The first-order chi connectivity index (χ1) is 13.9. The Balaban J connectivity index is 1.53. The third kappa shape index (κ3) is 6.64. The number of aromatic nitrogens is 1. The SMILES string of the molecule is CC(C)(C)OC(=O)NCc1ccc(-c2ccc(OCc3ccccc3)nc2)cc1. The number of pyridine rings is 1. The van der Waals surface area contributed by atoms with E-state index in [1.54, 1.807) is 6.20 Å². The topological polar surface area (TPSA) is 60.5 Å². The minimum Gasteiger partial charge on any atom is -0.473 e. The molecule has 0 unspecified atom stereocenters. The van der Waals surface area contributed by atoms with Gasteiger partial charge in [-0.1, -0.05) is 54.6 Å². The predicted molar refractivity (Wildman–Crippen MR) is 114 cm³/mol. The predicted octanol–water partition coefficient (Wildman–Crippen LogP) is 5.35. The van der Waals surface area contributed by atoms with Gasteiger partial charge < -0.3 is 14.8 Å². The number of hydrogen-bond donors (Lipinski definition) is 1. The van der Waals surface area contributed by atoms with Crippen molar-refractivity contribution in [3.05, 3.63) is 84.1 Å². The van der Waals surface area contributed by atoms with E-state index in [0.29, 0.717) is 19.0 Å². The van der Waals surface area contributed by atoms with Gasteiger partial charge in [-0.25, -0.2) is 9.78 Å². The van der Waals surface area contributed by atoms with E-state index in [0.717, 1.165) is 22.3 Å². The lowest BCUT2D eigenvalue weighted by atomic mass is 10.1. The van der Waals surface area contributed by atoms with E-state index in [1.165, 1.54) is 0 Å². The van der Waals surface area contributed by atoms with Crippen molar-refractivity contribution in [2.75, 3.05) is 0 Å². The molecule has 0 fully saturated rings. The lowest BCUT2D eigenvalue weighted by Crippen LogP contribution is -2.32. The normalized spacial score (nSPS) is 11.0. The number of nitrogens with zero attached hydrogens (tertiary/aromatic N) is 1. The number of carbonyl (C=O) groups excluding carboxylic acids is 1. The van der Waals surface area contributed by atoms with Crippen molar-refractivity contribution in [1.29, 1.82) is 0 Å². The van der Waals surface area contributed by atoms with Crippen LogP contribution in [0.5, 0.6) is 5.88 Å². The van der Waals surface area contributed by atoms with E-state index in [9.17, 15) is 4.79 Å². The highest BCUT2D eigenvalue weighted by atomic mass is 16.6. The van der Waals surface area contributed by atoms with Crippen LogP contribution in [0.1, 0.15) is 31.9 Å². The lowest BCUT2D eigenvalue weighted by molar-refractivity contribution is 0.0523. The molecule has 1 aromatic heterocycles. The fraction of sp³-hybridized carbons (Fsp3) is 0.250. The van der Waals surface area contributed by atoms with Crippen molar-refractivity contribution in [3.8, 4) is 17.0 Å². The van der Waals surface area contributed by atoms with Crippen molar-refractivity contribution in [2.24, 2.45) is 0 Å². The monoisotopic (exact) mass is 390 g/mol. The molecule has 1 heterocycles. The van der Waals surface area contributed by atoms with Crippen molar-refractivity contribution in [3.63, 3.8) is 0 Å². The van der Waals surface area contributed by atoms with Gasteiger partial charge in [-0.15, -0.1) is 0 Å². The molecule has 0 aliphatic rings. The van der Waals surface area contributed by atoms with Crippen molar-refractivity contribution in [2.45, 2.75) is 39.5 Å². The van der Waals surface area contributed by atoms with Crippen LogP contribution >= 0.6 is 0 Å². The summed E-state index contributed by atoms with van der Waals surface area (Å²) in [5.41, 5.74) is 3.65. The van der Waals surface area contributed by atoms with E-state index in [2.05, 4.69) is 10.3 Å². The van der Waals surface area contributed by atoms with Crippen LogP contribution in [0, 0.1) is 0 Å². The molecule has 0 spiro atoms. The van der Waals surface area contributed by atoms with Gasteiger partial charge in [0.05, 0.1) is 0 Å². The average molecular weight is 390 g/mol. The van der Waals surface area contributed by atoms with Gasteiger partial charge in [0.2, 0.25) is 5.88 Å². The zero-order chi connectivity index (χ0) is 20.7. The van der Waals surface area contributed by atoms with Crippen LogP contribution in [-0.2, 0) is 17.9 Å². The Kier molecular flexibility index (Phi) is 6.50. The number of rotatable bonds is 6. The number of amides is 1. The van der Waals surface area contributed by atoms with Crippen LogP contribution in [0.2, 0.25) is 0 Å². The van der Waals surface area contributed by atoms with Gasteiger partial charge in [0, 0.05) is 24.4 Å². The van der Waals surface area contributed by atoms with Crippen molar-refractivity contribution in [1.82, 2.24) is 10.3 Å². The van der Waals surface area contributed by atoms with Gasteiger partial charge >= 0.3 is 6.09 Å². The number of hydrogen-bond acceptors (Lipinski definition) is 4. The highest BCUT2D eigenvalue weighted by molar-refractivity contribution is 5.68. The Morgan fingerprint density at radius 1 is 0.897 bits per heavy atom. The molecule has 29 heavy (non-hydrogen) atoms. The van der Waals surface area contributed by atoms with E-state index >= 15 is 0 Å². The molecule has 0 aliphatic carbocycles. The minimum absolute atomic E-state index is 0.416. The van der Waals surface area contributed by atoms with Crippen LogP contribution in [0.15, 0.2) is 72.9 Å². The Morgan fingerprint density at radius 3 is 2.21 bits per heavy atom. The second kappa shape index (κ2) is 9.24. The fourth-order valence-electron chi connectivity index (χ4n) is 2.67. The molecule has 3 rings (SSSR count). The summed E-state index contributed by atoms with van der Waals surface area (Å²) >= 11 is 0. The Morgan fingerprint density at radius 2 is 1.59 bits per heavy atom. The number of benzene rings is 2. The molecule has 0 bridgehead atoms. The van der Waals surface area contributed by atoms with Gasteiger partial charge in [-0.2, -0.15) is 0 Å². The highest BCUT2D eigenvalue weighted by Gasteiger charge is 2.15. The van der Waals surface area contributed by atoms with Gasteiger partial charge in [-0.3, -0.25) is 0 Å². The first kappa shape index (κ1) is 20.4. The van der Waals surface area contributed by atoms with Crippen LogP contribution < -0.4 is 10.1 Å². The molecule has 0 saturated heterocycles. The van der Waals surface area contributed by atoms with E-state index in [1.807, 2.05) is 87.5 Å². The van der Waals surface area contributed by atoms with Gasteiger partial charge in [0.1, 0.15) is 12.2 Å². The first-order valence-corrected chi connectivity index (χ1v) is 9.58. The molecule has 1 N–H and O–H groups in total. The number of alkyl carbamates (subject to hydrolysis) is 1. The highest BCUT2D eigenvalue weighted by Crippen LogP contribution is 2.21. The molecular formula is C24H26N2O3. The zero-order valence-corrected chi connectivity index (χ0v) is 17.0. The molecule has 5 nitrogen and oxygen atoms in total. The standard InChI is InChI=1S/C24H26N2O3/c1-24(2,3)29-23(27)26-15-18-9-11-20(12-10-18)21-13-14-22(25-16-21)28-17-19-7-5-4-6-8-19/h4-14,16H,15,17H2,1-3H3,(H,26,27). The number of nitrogens with one attached hydrogen (secondary N) is 1. The summed E-state index contributed by atoms with van der Waals surface area (Å²) in [7, 11) is 0. The third-order valence-corrected chi connectivity index (χ3v) is 4.09. The Bertz CT molecular complexity index is 915. The minimum atomic E-state index is -0.502. The second-order valence-electron chi connectivity index (χ2n) is 7.71. The summed E-state index contributed by atoms with van der Waals surface area (Å²) < 4.78 is 11.0. The summed E-state index contributed by atoms with van der Waals surface area (Å²) in [6.45, 7) is 6.43. The first-order valence-electron chi connectivity index (χ1n) is 9.58. The van der Waals surface area contributed by atoms with Crippen LogP contribution in [0.4, 0.5) is 4.79 Å². The molecule has 3 aromatic rings. The van der Waals surface area contributed by atoms with Crippen molar-refractivity contribution < 1.29 is 14.3 Å². The largest absolute Gasteiger partial charge is 0.473 e. The van der Waals surface area contributed by atoms with Gasteiger partial charge in [0.15, 0.2) is 0 Å².